The quantitative estimate of drug-likeness (QED) is 0.812. The third-order valence-corrected chi connectivity index (χ3v) is 3.56. The summed E-state index contributed by atoms with van der Waals surface area (Å²) in [5.41, 5.74) is 0.778. The zero-order valence-corrected chi connectivity index (χ0v) is 13.4. The number of nitrogens with zero attached hydrogens (tertiary/aromatic N) is 4. The first kappa shape index (κ1) is 17.0. The van der Waals surface area contributed by atoms with Gasteiger partial charge in [0.1, 0.15) is 5.69 Å². The molecule has 1 atom stereocenters. The van der Waals surface area contributed by atoms with Crippen molar-refractivity contribution in [2.45, 2.75) is 33.1 Å². The second-order valence-electron chi connectivity index (χ2n) is 5.33. The summed E-state index contributed by atoms with van der Waals surface area (Å²) in [5, 5.41) is 7.89. The van der Waals surface area contributed by atoms with Crippen molar-refractivity contribution < 1.29 is 22.7 Å². The van der Waals surface area contributed by atoms with Gasteiger partial charge in [-0.15, -0.1) is 0 Å². The largest absolute Gasteiger partial charge is 0.443 e. The molecule has 9 heteroatoms. The number of alkyl halides is 3. The molecule has 0 bridgehead atoms. The van der Waals surface area contributed by atoms with Crippen LogP contribution >= 0.6 is 0 Å². The van der Waals surface area contributed by atoms with Crippen LogP contribution < -0.4 is 0 Å². The van der Waals surface area contributed by atoms with E-state index in [1.807, 2.05) is 0 Å². The van der Waals surface area contributed by atoms with Gasteiger partial charge in [0.15, 0.2) is 0 Å². The molecule has 0 aliphatic carbocycles. The van der Waals surface area contributed by atoms with Crippen LogP contribution in [-0.4, -0.2) is 31.7 Å². The van der Waals surface area contributed by atoms with Crippen molar-refractivity contribution in [1.29, 1.82) is 0 Å². The monoisotopic (exact) mass is 330 g/mol. The molecule has 2 aromatic rings. The van der Waals surface area contributed by atoms with Crippen LogP contribution in [0, 0.1) is 20.8 Å². The Labute approximate surface area is 130 Å². The predicted molar refractivity (Wildman–Crippen MR) is 74.8 cm³/mol. The second kappa shape index (κ2) is 5.71. The smallest absolute Gasteiger partial charge is 0.430 e. The predicted octanol–water partition coefficient (Wildman–Crippen LogP) is 2.54. The first-order chi connectivity index (χ1) is 10.5. The van der Waals surface area contributed by atoms with Crippen molar-refractivity contribution in [3.8, 4) is 0 Å². The van der Waals surface area contributed by atoms with E-state index in [4.69, 9.17) is 4.74 Å². The van der Waals surface area contributed by atoms with Crippen LogP contribution in [0.15, 0.2) is 6.07 Å². The summed E-state index contributed by atoms with van der Waals surface area (Å²) < 4.78 is 47.6. The first-order valence-electron chi connectivity index (χ1n) is 6.80. The van der Waals surface area contributed by atoms with E-state index in [0.29, 0.717) is 11.4 Å². The highest BCUT2D eigenvalue weighted by Gasteiger charge is 2.47. The van der Waals surface area contributed by atoms with E-state index in [9.17, 15) is 18.0 Å². The summed E-state index contributed by atoms with van der Waals surface area (Å²) in [6.45, 7) is 4.58. The van der Waals surface area contributed by atoms with Crippen LogP contribution in [-0.2, 0) is 18.8 Å². The fourth-order valence-corrected chi connectivity index (χ4v) is 2.43. The lowest BCUT2D eigenvalue weighted by atomic mass is 10.1. The first-order valence-corrected chi connectivity index (χ1v) is 6.80. The molecule has 0 aliphatic heterocycles. The number of ether oxygens (including phenoxy) is 1. The summed E-state index contributed by atoms with van der Waals surface area (Å²) in [4.78, 5) is 12.1. The molecule has 0 radical (unpaired) electrons. The van der Waals surface area contributed by atoms with Gasteiger partial charge >= 0.3 is 12.1 Å². The maximum atomic E-state index is 13.4. The lowest BCUT2D eigenvalue weighted by Gasteiger charge is -2.21. The molecule has 2 heterocycles. The summed E-state index contributed by atoms with van der Waals surface area (Å²) in [6.07, 6.45) is -7.12. The lowest BCUT2D eigenvalue weighted by Crippen LogP contribution is -2.28. The van der Waals surface area contributed by atoms with Gasteiger partial charge in [-0.25, -0.2) is 4.79 Å². The van der Waals surface area contributed by atoms with Crippen LogP contribution in [0.2, 0.25) is 0 Å². The molecule has 126 valence electrons. The van der Waals surface area contributed by atoms with E-state index in [1.165, 1.54) is 43.4 Å². The van der Waals surface area contributed by atoms with E-state index in [2.05, 4.69) is 10.2 Å². The summed E-state index contributed by atoms with van der Waals surface area (Å²) in [7, 11) is 3.00. The van der Waals surface area contributed by atoms with Crippen molar-refractivity contribution in [3.63, 3.8) is 0 Å². The number of esters is 1. The minimum Gasteiger partial charge on any atom is -0.443 e. The van der Waals surface area contributed by atoms with E-state index >= 15 is 0 Å². The summed E-state index contributed by atoms with van der Waals surface area (Å²) in [6, 6.07) is 1.37. The molecular formula is C14H17F3N4O2. The van der Waals surface area contributed by atoms with Gasteiger partial charge in [-0.2, -0.15) is 23.4 Å². The molecule has 2 rings (SSSR count). The van der Waals surface area contributed by atoms with E-state index in [1.54, 1.807) is 6.92 Å². The Morgan fingerprint density at radius 3 is 2.17 bits per heavy atom. The van der Waals surface area contributed by atoms with Gasteiger partial charge in [-0.05, 0) is 26.8 Å². The van der Waals surface area contributed by atoms with Gasteiger partial charge in [0.05, 0.1) is 11.4 Å². The molecule has 2 aromatic heterocycles. The lowest BCUT2D eigenvalue weighted by molar-refractivity contribution is -0.207. The molecule has 0 N–H and O–H groups in total. The number of aryl methyl sites for hydroxylation is 4. The van der Waals surface area contributed by atoms with E-state index in [-0.39, 0.29) is 17.0 Å². The van der Waals surface area contributed by atoms with Crippen molar-refractivity contribution in [2.24, 2.45) is 14.1 Å². The van der Waals surface area contributed by atoms with Crippen LogP contribution in [0.4, 0.5) is 13.2 Å². The Morgan fingerprint density at radius 2 is 1.78 bits per heavy atom. The topological polar surface area (TPSA) is 61.9 Å². The third-order valence-electron chi connectivity index (χ3n) is 3.56. The van der Waals surface area contributed by atoms with Gasteiger partial charge in [0, 0.05) is 25.4 Å². The van der Waals surface area contributed by atoms with Gasteiger partial charge < -0.3 is 4.74 Å². The number of aromatic nitrogens is 4. The average molecular weight is 330 g/mol. The molecule has 0 spiro atoms. The van der Waals surface area contributed by atoms with Crippen LogP contribution in [0.1, 0.15) is 39.2 Å². The normalized spacial score (nSPS) is 13.2. The minimum atomic E-state index is -4.75. The standard InChI is InChI=1S/C14H17F3N4O2/c1-7-6-10(21(5)18-7)13(22)23-12(14(15,16)17)11-8(2)19-20(4)9(11)3/h6,12H,1-5H3/t12-/m1/s1. The van der Waals surface area contributed by atoms with Crippen LogP contribution in [0.5, 0.6) is 0 Å². The van der Waals surface area contributed by atoms with Gasteiger partial charge in [-0.1, -0.05) is 0 Å². The fraction of sp³-hybridized carbons (Fsp3) is 0.500. The zero-order valence-electron chi connectivity index (χ0n) is 13.4. The maximum Gasteiger partial charge on any atom is 0.430 e. The molecule has 0 aromatic carbocycles. The van der Waals surface area contributed by atoms with E-state index < -0.39 is 18.2 Å². The molecule has 0 amide bonds. The maximum absolute atomic E-state index is 13.4. The van der Waals surface area contributed by atoms with Gasteiger partial charge in [0.25, 0.3) is 0 Å². The molecular weight excluding hydrogens is 313 g/mol. The summed E-state index contributed by atoms with van der Waals surface area (Å²) in [5.74, 6) is -1.09. The highest BCUT2D eigenvalue weighted by atomic mass is 19.4. The van der Waals surface area contributed by atoms with Crippen LogP contribution in [0.25, 0.3) is 0 Å². The van der Waals surface area contributed by atoms with E-state index in [0.717, 1.165) is 0 Å². The number of carbonyl (C=O) groups excluding carboxylic acids is 1. The molecule has 0 aliphatic rings. The Balaban J connectivity index is 2.41. The Kier molecular flexibility index (Phi) is 4.23. The number of rotatable bonds is 3. The Bertz CT molecular complexity index is 746. The average Bonchev–Trinajstić information content (AvgIpc) is 2.86. The molecule has 0 saturated heterocycles. The zero-order chi connectivity index (χ0) is 17.5. The van der Waals surface area contributed by atoms with Crippen molar-refractivity contribution in [1.82, 2.24) is 19.6 Å². The Hall–Kier alpha value is -2.32. The molecule has 23 heavy (non-hydrogen) atoms. The number of carbonyl (C=O) groups is 1. The highest BCUT2D eigenvalue weighted by molar-refractivity contribution is 5.87. The SMILES string of the molecule is Cc1cc(C(=O)O[C@H](c2c(C)nn(C)c2C)C(F)(F)F)n(C)n1. The van der Waals surface area contributed by atoms with Gasteiger partial charge in [0.2, 0.25) is 6.10 Å². The molecule has 0 fully saturated rings. The van der Waals surface area contributed by atoms with Crippen LogP contribution in [0.3, 0.4) is 0 Å². The third kappa shape index (κ3) is 3.22. The van der Waals surface area contributed by atoms with Crippen molar-refractivity contribution in [2.75, 3.05) is 0 Å². The number of halogens is 3. The van der Waals surface area contributed by atoms with Gasteiger partial charge in [-0.3, -0.25) is 9.36 Å². The summed E-state index contributed by atoms with van der Waals surface area (Å²) >= 11 is 0. The van der Waals surface area contributed by atoms with Crippen molar-refractivity contribution >= 4 is 5.97 Å². The number of hydrogen-bond donors (Lipinski definition) is 0. The highest BCUT2D eigenvalue weighted by Crippen LogP contribution is 2.39. The number of hydrogen-bond acceptors (Lipinski definition) is 4. The minimum absolute atomic E-state index is 0.0454. The van der Waals surface area contributed by atoms with Crippen molar-refractivity contribution in [3.05, 3.63) is 34.4 Å². The molecule has 0 saturated carbocycles. The fourth-order valence-electron chi connectivity index (χ4n) is 2.43. The second-order valence-corrected chi connectivity index (χ2v) is 5.33. The molecule has 6 nitrogen and oxygen atoms in total. The Morgan fingerprint density at radius 1 is 1.17 bits per heavy atom. The molecule has 0 unspecified atom stereocenters.